The zero-order valence-corrected chi connectivity index (χ0v) is 11.5. The summed E-state index contributed by atoms with van der Waals surface area (Å²) in [5, 5.41) is 3.22. The highest BCUT2D eigenvalue weighted by Gasteiger charge is 2.12. The molecule has 3 heteroatoms. The van der Waals surface area contributed by atoms with Crippen LogP contribution in [0.4, 0.5) is 5.69 Å². The first-order valence-corrected chi connectivity index (χ1v) is 7.04. The van der Waals surface area contributed by atoms with Crippen molar-refractivity contribution in [2.75, 3.05) is 31.0 Å². The summed E-state index contributed by atoms with van der Waals surface area (Å²) in [5.41, 5.74) is 2.69. The maximum Gasteiger partial charge on any atom is 0.0411 e. The van der Waals surface area contributed by atoms with Crippen LogP contribution in [0.5, 0.6) is 0 Å². The van der Waals surface area contributed by atoms with Crippen molar-refractivity contribution in [3.8, 4) is 0 Å². The van der Waals surface area contributed by atoms with Gasteiger partial charge in [-0.05, 0) is 31.9 Å². The Morgan fingerprint density at radius 3 is 2.69 bits per heavy atom. The predicted octanol–water partition coefficient (Wildman–Crippen LogP) is 2.59. The summed E-state index contributed by atoms with van der Waals surface area (Å²) in [6, 6.07) is 9.16. The van der Waals surface area contributed by atoms with Gasteiger partial charge in [0.05, 0.1) is 0 Å². The van der Waals surface area contributed by atoms with Crippen molar-refractivity contribution in [3.63, 3.8) is 0 Å². The Morgan fingerprint density at radius 2 is 2.06 bits per heavy atom. The van der Waals surface area contributed by atoms with Gasteiger partial charge in [-0.2, -0.15) is 11.8 Å². The number of anilines is 1. The van der Waals surface area contributed by atoms with Crippen LogP contribution in [0.15, 0.2) is 24.3 Å². The van der Waals surface area contributed by atoms with E-state index in [4.69, 9.17) is 0 Å². The highest BCUT2D eigenvalue weighted by Crippen LogP contribution is 2.21. The molecule has 1 N–H and O–H groups in total. The Labute approximate surface area is 103 Å². The zero-order chi connectivity index (χ0) is 12.0. The second-order valence-electron chi connectivity index (χ2n) is 4.07. The fourth-order valence-electron chi connectivity index (χ4n) is 1.79. The van der Waals surface area contributed by atoms with E-state index in [2.05, 4.69) is 54.7 Å². The van der Waals surface area contributed by atoms with Gasteiger partial charge in [-0.3, -0.25) is 0 Å². The van der Waals surface area contributed by atoms with E-state index in [0.29, 0.717) is 6.04 Å². The van der Waals surface area contributed by atoms with Gasteiger partial charge in [-0.1, -0.05) is 18.2 Å². The zero-order valence-electron chi connectivity index (χ0n) is 10.7. The maximum absolute atomic E-state index is 3.22. The van der Waals surface area contributed by atoms with Crippen molar-refractivity contribution in [1.82, 2.24) is 5.32 Å². The van der Waals surface area contributed by atoms with E-state index in [1.165, 1.54) is 11.3 Å². The smallest absolute Gasteiger partial charge is 0.0411 e. The number of para-hydroxylation sites is 1. The van der Waals surface area contributed by atoms with Gasteiger partial charge in [0.15, 0.2) is 0 Å². The van der Waals surface area contributed by atoms with Crippen molar-refractivity contribution < 1.29 is 0 Å². The second-order valence-corrected chi connectivity index (χ2v) is 4.98. The quantitative estimate of drug-likeness (QED) is 0.820. The molecule has 0 radical (unpaired) electrons. The van der Waals surface area contributed by atoms with Crippen molar-refractivity contribution in [2.24, 2.45) is 0 Å². The third kappa shape index (κ3) is 3.42. The molecule has 1 unspecified atom stereocenters. The van der Waals surface area contributed by atoms with Gasteiger partial charge >= 0.3 is 0 Å². The summed E-state index contributed by atoms with van der Waals surface area (Å²) in [4.78, 5) is 2.36. The lowest BCUT2D eigenvalue weighted by atomic mass is 10.1. The molecule has 0 saturated carbocycles. The molecule has 1 aromatic carbocycles. The number of rotatable bonds is 6. The van der Waals surface area contributed by atoms with Crippen LogP contribution in [0.1, 0.15) is 12.5 Å². The largest absolute Gasteiger partial charge is 0.371 e. The van der Waals surface area contributed by atoms with Gasteiger partial charge in [-0.25, -0.2) is 0 Å². The van der Waals surface area contributed by atoms with Gasteiger partial charge in [0.2, 0.25) is 0 Å². The molecule has 16 heavy (non-hydrogen) atoms. The maximum atomic E-state index is 3.22. The molecule has 0 heterocycles. The first-order valence-electron chi connectivity index (χ1n) is 5.65. The molecule has 0 aromatic heterocycles. The lowest BCUT2D eigenvalue weighted by Gasteiger charge is -2.28. The third-order valence-corrected chi connectivity index (χ3v) is 3.62. The number of hydrogen-bond donors (Lipinski definition) is 1. The fourth-order valence-corrected chi connectivity index (χ4v) is 2.49. The van der Waals surface area contributed by atoms with Crippen molar-refractivity contribution >= 4 is 17.4 Å². The second kappa shape index (κ2) is 6.81. The average Bonchev–Trinajstić information content (AvgIpc) is 2.29. The van der Waals surface area contributed by atoms with E-state index in [-0.39, 0.29) is 0 Å². The molecule has 0 aliphatic heterocycles. The summed E-state index contributed by atoms with van der Waals surface area (Å²) >= 11 is 1.89. The Morgan fingerprint density at radius 1 is 1.38 bits per heavy atom. The fraction of sp³-hybridized carbons (Fsp3) is 0.538. The molecule has 0 aliphatic carbocycles. The van der Waals surface area contributed by atoms with Crippen LogP contribution in [-0.2, 0) is 6.54 Å². The van der Waals surface area contributed by atoms with Crippen molar-refractivity contribution in [1.29, 1.82) is 0 Å². The van der Waals surface area contributed by atoms with Gasteiger partial charge in [-0.15, -0.1) is 0 Å². The first-order chi connectivity index (χ1) is 7.70. The topological polar surface area (TPSA) is 15.3 Å². The van der Waals surface area contributed by atoms with E-state index >= 15 is 0 Å². The first kappa shape index (κ1) is 13.4. The van der Waals surface area contributed by atoms with Gasteiger partial charge in [0, 0.05) is 31.1 Å². The van der Waals surface area contributed by atoms with Crippen LogP contribution >= 0.6 is 11.8 Å². The summed E-state index contributed by atoms with van der Waals surface area (Å²) < 4.78 is 0. The van der Waals surface area contributed by atoms with Crippen LogP contribution in [0.2, 0.25) is 0 Å². The SMILES string of the molecule is CNCc1ccccc1N(C)C(C)CSC. The molecule has 0 saturated heterocycles. The number of hydrogen-bond acceptors (Lipinski definition) is 3. The lowest BCUT2D eigenvalue weighted by molar-refractivity contribution is 0.748. The predicted molar refractivity (Wildman–Crippen MR) is 75.5 cm³/mol. The third-order valence-electron chi connectivity index (χ3n) is 2.81. The molecule has 90 valence electrons. The molecular weight excluding hydrogens is 216 g/mol. The van der Waals surface area contributed by atoms with Gasteiger partial charge in [0.1, 0.15) is 0 Å². The molecule has 0 aliphatic rings. The van der Waals surface area contributed by atoms with E-state index < -0.39 is 0 Å². The summed E-state index contributed by atoms with van der Waals surface area (Å²) in [7, 11) is 4.16. The van der Waals surface area contributed by atoms with Crippen LogP contribution in [0.25, 0.3) is 0 Å². The minimum atomic E-state index is 0.563. The molecule has 0 bridgehead atoms. The standard InChI is InChI=1S/C13H22N2S/c1-11(10-16-4)15(3)13-8-6-5-7-12(13)9-14-2/h5-8,11,14H,9-10H2,1-4H3. The molecule has 1 atom stereocenters. The number of nitrogens with zero attached hydrogens (tertiary/aromatic N) is 1. The Bertz CT molecular complexity index is 315. The average molecular weight is 238 g/mol. The van der Waals surface area contributed by atoms with Crippen LogP contribution in [0, 0.1) is 0 Å². The minimum absolute atomic E-state index is 0.563. The molecule has 1 aromatic rings. The van der Waals surface area contributed by atoms with E-state index in [1.807, 2.05) is 18.8 Å². The van der Waals surface area contributed by atoms with E-state index in [0.717, 1.165) is 12.3 Å². The highest BCUT2D eigenvalue weighted by molar-refractivity contribution is 7.98. The minimum Gasteiger partial charge on any atom is -0.371 e. The summed E-state index contributed by atoms with van der Waals surface area (Å²) in [6.07, 6.45) is 2.16. The molecule has 0 fully saturated rings. The Balaban J connectivity index is 2.84. The number of thioether (sulfide) groups is 1. The van der Waals surface area contributed by atoms with Crippen LogP contribution < -0.4 is 10.2 Å². The molecule has 0 amide bonds. The van der Waals surface area contributed by atoms with E-state index in [1.54, 1.807) is 0 Å². The van der Waals surface area contributed by atoms with Gasteiger partial charge in [0.25, 0.3) is 0 Å². The van der Waals surface area contributed by atoms with Crippen LogP contribution in [-0.4, -0.2) is 32.1 Å². The molecular formula is C13H22N2S. The summed E-state index contributed by atoms with van der Waals surface area (Å²) in [6.45, 7) is 3.19. The molecule has 2 nitrogen and oxygen atoms in total. The van der Waals surface area contributed by atoms with Crippen LogP contribution in [0.3, 0.4) is 0 Å². The van der Waals surface area contributed by atoms with Crippen molar-refractivity contribution in [2.45, 2.75) is 19.5 Å². The Hall–Kier alpha value is -0.670. The normalized spacial score (nSPS) is 12.5. The number of nitrogens with one attached hydrogen (secondary N) is 1. The molecule has 1 rings (SSSR count). The van der Waals surface area contributed by atoms with E-state index in [9.17, 15) is 0 Å². The summed E-state index contributed by atoms with van der Waals surface area (Å²) in [5.74, 6) is 1.16. The van der Waals surface area contributed by atoms with Gasteiger partial charge < -0.3 is 10.2 Å². The Kier molecular flexibility index (Phi) is 5.71. The highest BCUT2D eigenvalue weighted by atomic mass is 32.2. The number of benzene rings is 1. The monoisotopic (exact) mass is 238 g/mol. The molecule has 0 spiro atoms. The van der Waals surface area contributed by atoms with Crippen molar-refractivity contribution in [3.05, 3.63) is 29.8 Å². The lowest BCUT2D eigenvalue weighted by Crippen LogP contribution is -2.31.